The molecule has 2 N–H and O–H groups in total. The summed E-state index contributed by atoms with van der Waals surface area (Å²) in [5.41, 5.74) is 0.890. The number of rotatable bonds is 5. The Morgan fingerprint density at radius 2 is 2.14 bits per heavy atom. The van der Waals surface area contributed by atoms with Crippen LogP contribution in [0, 0.1) is 6.92 Å². The number of carboxylic acid groups (broad SMARTS) is 1. The Morgan fingerprint density at radius 3 is 2.76 bits per heavy atom. The molecule has 0 saturated heterocycles. The Labute approximate surface area is 138 Å². The highest BCUT2D eigenvalue weighted by atomic mass is 79.9. The smallest absolute Gasteiger partial charge is 0.328 e. The molecule has 4 nitrogen and oxygen atoms in total. The lowest BCUT2D eigenvalue weighted by Crippen LogP contribution is -2.21. The number of aliphatic carboxylic acids is 1. The predicted octanol–water partition coefficient (Wildman–Crippen LogP) is 3.91. The summed E-state index contributed by atoms with van der Waals surface area (Å²) in [7, 11) is 0. The molecular weight excluding hydrogens is 374 g/mol. The third-order valence-electron chi connectivity index (χ3n) is 2.61. The maximum atomic E-state index is 12.1. The van der Waals surface area contributed by atoms with E-state index in [1.54, 1.807) is 17.4 Å². The molecule has 2 rings (SSSR count). The average Bonchev–Trinajstić information content (AvgIpc) is 3.00. The number of hydrogen-bond acceptors (Lipinski definition) is 4. The minimum Gasteiger partial charge on any atom is -0.478 e. The van der Waals surface area contributed by atoms with Gasteiger partial charge in [-0.05, 0) is 52.7 Å². The largest absolute Gasteiger partial charge is 0.478 e. The molecule has 0 radical (unpaired) electrons. The average molecular weight is 386 g/mol. The fraction of sp³-hybridized carbons (Fsp3) is 0.143. The van der Waals surface area contributed by atoms with Gasteiger partial charge in [0, 0.05) is 15.8 Å². The van der Waals surface area contributed by atoms with Gasteiger partial charge in [0.2, 0.25) is 0 Å². The molecule has 0 atom stereocenters. The molecule has 0 aromatic carbocycles. The molecule has 0 unspecified atom stereocenters. The van der Waals surface area contributed by atoms with Crippen LogP contribution in [-0.2, 0) is 11.3 Å². The van der Waals surface area contributed by atoms with Gasteiger partial charge in [0.25, 0.3) is 5.91 Å². The summed E-state index contributed by atoms with van der Waals surface area (Å²) in [6.45, 7) is 2.33. The summed E-state index contributed by atoms with van der Waals surface area (Å²) in [4.78, 5) is 25.0. The summed E-state index contributed by atoms with van der Waals surface area (Å²) >= 11 is 6.23. The number of carbonyl (C=O) groups excluding carboxylic acids is 1. The number of carbonyl (C=O) groups is 2. The molecule has 0 saturated carbocycles. The molecule has 2 aromatic heterocycles. The van der Waals surface area contributed by atoms with Gasteiger partial charge in [-0.2, -0.15) is 0 Å². The van der Waals surface area contributed by atoms with Gasteiger partial charge >= 0.3 is 5.97 Å². The topological polar surface area (TPSA) is 66.4 Å². The Bertz CT molecular complexity index is 703. The second kappa shape index (κ2) is 7.02. The molecule has 0 spiro atoms. The normalized spacial score (nSPS) is 11.0. The van der Waals surface area contributed by atoms with Crippen molar-refractivity contribution in [3.63, 3.8) is 0 Å². The summed E-state index contributed by atoms with van der Waals surface area (Å²) in [6, 6.07) is 5.66. The van der Waals surface area contributed by atoms with Gasteiger partial charge in [0.1, 0.15) is 0 Å². The lowest BCUT2D eigenvalue weighted by Gasteiger charge is -2.00. The van der Waals surface area contributed by atoms with Gasteiger partial charge in [-0.3, -0.25) is 4.79 Å². The van der Waals surface area contributed by atoms with Crippen molar-refractivity contribution in [2.75, 3.05) is 0 Å². The Kier molecular flexibility index (Phi) is 5.33. The standard InChI is InChI=1S/C14H12BrNO3S2/c1-8-6-11(21-10(8)3-5-13(17)18)14(19)16-7-9-2-4-12(15)20-9/h2-6H,7H2,1H3,(H,16,19)(H,17,18)/b5-3+. The molecule has 1 amide bonds. The van der Waals surface area contributed by atoms with Crippen LogP contribution in [0.3, 0.4) is 0 Å². The number of hydrogen-bond donors (Lipinski definition) is 2. The first-order valence-corrected chi connectivity index (χ1v) is 8.42. The van der Waals surface area contributed by atoms with E-state index in [2.05, 4.69) is 21.2 Å². The molecule has 21 heavy (non-hydrogen) atoms. The summed E-state index contributed by atoms with van der Waals surface area (Å²) < 4.78 is 1.03. The van der Waals surface area contributed by atoms with Crippen molar-refractivity contribution < 1.29 is 14.7 Å². The van der Waals surface area contributed by atoms with Crippen molar-refractivity contribution in [2.24, 2.45) is 0 Å². The fourth-order valence-electron chi connectivity index (χ4n) is 1.62. The molecule has 2 aromatic rings. The van der Waals surface area contributed by atoms with Crippen molar-refractivity contribution in [3.8, 4) is 0 Å². The maximum Gasteiger partial charge on any atom is 0.328 e. The van der Waals surface area contributed by atoms with E-state index in [4.69, 9.17) is 5.11 Å². The van der Waals surface area contributed by atoms with E-state index >= 15 is 0 Å². The second-order valence-corrected chi connectivity index (χ2v) is 7.85. The second-order valence-electron chi connectivity index (χ2n) is 4.22. The van der Waals surface area contributed by atoms with Gasteiger partial charge in [-0.15, -0.1) is 22.7 Å². The first kappa shape index (κ1) is 15.9. The van der Waals surface area contributed by atoms with E-state index in [9.17, 15) is 9.59 Å². The Hall–Kier alpha value is -1.44. The van der Waals surface area contributed by atoms with Crippen LogP contribution in [0.1, 0.15) is 25.0 Å². The van der Waals surface area contributed by atoms with E-state index in [1.165, 1.54) is 17.4 Å². The summed E-state index contributed by atoms with van der Waals surface area (Å²) in [6.07, 6.45) is 2.58. The lowest BCUT2D eigenvalue weighted by molar-refractivity contribution is -0.131. The summed E-state index contributed by atoms with van der Waals surface area (Å²) in [5.74, 6) is -1.15. The minimum absolute atomic E-state index is 0.150. The molecule has 0 aliphatic carbocycles. The monoisotopic (exact) mass is 385 g/mol. The van der Waals surface area contributed by atoms with Crippen LogP contribution in [0.5, 0.6) is 0 Å². The van der Waals surface area contributed by atoms with Gasteiger partial charge in [0.05, 0.1) is 15.2 Å². The zero-order chi connectivity index (χ0) is 15.4. The van der Waals surface area contributed by atoms with Crippen LogP contribution in [-0.4, -0.2) is 17.0 Å². The number of halogens is 1. The minimum atomic E-state index is -1.00. The third kappa shape index (κ3) is 4.52. The van der Waals surface area contributed by atoms with Crippen molar-refractivity contribution in [2.45, 2.75) is 13.5 Å². The number of aryl methyl sites for hydroxylation is 1. The van der Waals surface area contributed by atoms with E-state index in [0.29, 0.717) is 11.4 Å². The van der Waals surface area contributed by atoms with Gasteiger partial charge in [0.15, 0.2) is 0 Å². The molecular formula is C14H12BrNO3S2. The van der Waals surface area contributed by atoms with Gasteiger partial charge < -0.3 is 10.4 Å². The number of amides is 1. The van der Waals surface area contributed by atoms with Crippen LogP contribution >= 0.6 is 38.6 Å². The fourth-order valence-corrected chi connectivity index (χ4v) is 4.04. The van der Waals surface area contributed by atoms with Crippen LogP contribution < -0.4 is 5.32 Å². The van der Waals surface area contributed by atoms with Gasteiger partial charge in [-0.25, -0.2) is 4.79 Å². The maximum absolute atomic E-state index is 12.1. The lowest BCUT2D eigenvalue weighted by atomic mass is 10.2. The molecule has 0 aliphatic rings. The Morgan fingerprint density at radius 1 is 1.38 bits per heavy atom. The number of thiophene rings is 2. The molecule has 2 heterocycles. The van der Waals surface area contributed by atoms with Crippen molar-refractivity contribution in [1.82, 2.24) is 5.32 Å². The van der Waals surface area contributed by atoms with E-state index < -0.39 is 5.97 Å². The highest BCUT2D eigenvalue weighted by Crippen LogP contribution is 2.24. The van der Waals surface area contributed by atoms with E-state index in [1.807, 2.05) is 19.1 Å². The number of carboxylic acids is 1. The highest BCUT2D eigenvalue weighted by molar-refractivity contribution is 9.11. The zero-order valence-electron chi connectivity index (χ0n) is 11.1. The van der Waals surface area contributed by atoms with Gasteiger partial charge in [-0.1, -0.05) is 0 Å². The number of nitrogens with one attached hydrogen (secondary N) is 1. The quantitative estimate of drug-likeness (QED) is 0.766. The van der Waals surface area contributed by atoms with Crippen molar-refractivity contribution >= 4 is 56.6 Å². The summed E-state index contributed by atoms with van der Waals surface area (Å²) in [5, 5.41) is 11.5. The first-order chi connectivity index (χ1) is 9.95. The van der Waals surface area contributed by atoms with E-state index in [0.717, 1.165) is 25.2 Å². The molecule has 0 aliphatic heterocycles. The first-order valence-electron chi connectivity index (χ1n) is 5.99. The van der Waals surface area contributed by atoms with Crippen LogP contribution in [0.15, 0.2) is 28.1 Å². The van der Waals surface area contributed by atoms with Crippen LogP contribution in [0.4, 0.5) is 0 Å². The predicted molar refractivity (Wildman–Crippen MR) is 88.9 cm³/mol. The molecule has 110 valence electrons. The Balaban J connectivity index is 2.02. The van der Waals surface area contributed by atoms with E-state index in [-0.39, 0.29) is 5.91 Å². The molecule has 7 heteroatoms. The van der Waals surface area contributed by atoms with Crippen molar-refractivity contribution in [3.05, 3.63) is 48.3 Å². The van der Waals surface area contributed by atoms with Crippen molar-refractivity contribution in [1.29, 1.82) is 0 Å². The SMILES string of the molecule is Cc1cc(C(=O)NCc2ccc(Br)s2)sc1/C=C/C(=O)O. The third-order valence-corrected chi connectivity index (χ3v) is 5.43. The zero-order valence-corrected chi connectivity index (χ0v) is 14.3. The van der Waals surface area contributed by atoms with Crippen LogP contribution in [0.2, 0.25) is 0 Å². The highest BCUT2D eigenvalue weighted by Gasteiger charge is 2.11. The molecule has 0 fully saturated rings. The molecule has 0 bridgehead atoms. The van der Waals surface area contributed by atoms with Crippen LogP contribution in [0.25, 0.3) is 6.08 Å².